The summed E-state index contributed by atoms with van der Waals surface area (Å²) in [7, 11) is 0. The van der Waals surface area contributed by atoms with Crippen LogP contribution < -0.4 is 9.64 Å². The quantitative estimate of drug-likeness (QED) is 0.292. The summed E-state index contributed by atoms with van der Waals surface area (Å²) in [5.74, 6) is -0.228. The Morgan fingerprint density at radius 2 is 2.05 bits per heavy atom. The Bertz CT molecular complexity index is 1790. The van der Waals surface area contributed by atoms with Gasteiger partial charge in [0.1, 0.15) is 29.9 Å². The number of hydrogen-bond acceptors (Lipinski definition) is 8. The lowest BCUT2D eigenvalue weighted by Gasteiger charge is -2.31. The molecule has 3 aliphatic rings. The van der Waals surface area contributed by atoms with E-state index in [0.29, 0.717) is 62.5 Å². The predicted molar refractivity (Wildman–Crippen MR) is 164 cm³/mol. The van der Waals surface area contributed by atoms with Gasteiger partial charge >= 0.3 is 6.01 Å². The van der Waals surface area contributed by atoms with E-state index in [9.17, 15) is 14.8 Å². The van der Waals surface area contributed by atoms with E-state index >= 15 is 4.39 Å². The number of aromatic hydroxyl groups is 1. The van der Waals surface area contributed by atoms with Gasteiger partial charge in [-0.05, 0) is 72.3 Å². The summed E-state index contributed by atoms with van der Waals surface area (Å²) in [6, 6.07) is 12.8. The highest BCUT2D eigenvalue weighted by Gasteiger charge is 2.49. The molecule has 3 saturated heterocycles. The lowest BCUT2D eigenvalue weighted by Crippen LogP contribution is -2.43. The summed E-state index contributed by atoms with van der Waals surface area (Å²) in [4.78, 5) is 13.6. The van der Waals surface area contributed by atoms with Crippen molar-refractivity contribution >= 4 is 27.5 Å². The molecule has 3 fully saturated rings. The van der Waals surface area contributed by atoms with Crippen LogP contribution in [-0.2, 0) is 11.2 Å². The summed E-state index contributed by atoms with van der Waals surface area (Å²) >= 11 is 0. The van der Waals surface area contributed by atoms with Gasteiger partial charge in [0, 0.05) is 43.6 Å². The molecule has 0 aliphatic carbocycles. The van der Waals surface area contributed by atoms with E-state index in [-0.39, 0.29) is 35.0 Å². The fourth-order valence-electron chi connectivity index (χ4n) is 7.44. The molecule has 228 valence electrons. The first-order chi connectivity index (χ1) is 21.4. The van der Waals surface area contributed by atoms with Crippen LogP contribution in [0.15, 0.2) is 36.4 Å². The first-order valence-corrected chi connectivity index (χ1v) is 15.4. The van der Waals surface area contributed by atoms with Crippen molar-refractivity contribution in [3.05, 3.63) is 53.3 Å². The van der Waals surface area contributed by atoms with Gasteiger partial charge in [-0.2, -0.15) is 15.2 Å². The smallest absolute Gasteiger partial charge is 0.319 e. The van der Waals surface area contributed by atoms with Crippen LogP contribution in [0, 0.1) is 17.1 Å². The van der Waals surface area contributed by atoms with Crippen LogP contribution in [0.1, 0.15) is 43.7 Å². The van der Waals surface area contributed by atoms with Gasteiger partial charge in [-0.25, -0.2) is 8.78 Å². The molecule has 1 N–H and O–H groups in total. The molecule has 8 nitrogen and oxygen atoms in total. The van der Waals surface area contributed by atoms with E-state index in [2.05, 4.69) is 16.0 Å². The first-order valence-electron chi connectivity index (χ1n) is 15.4. The number of nitrogens with zero attached hydrogens (tertiary/aromatic N) is 5. The fourth-order valence-corrected chi connectivity index (χ4v) is 7.44. The topological polar surface area (TPSA) is 94.7 Å². The number of anilines is 1. The minimum atomic E-state index is -0.904. The molecule has 44 heavy (non-hydrogen) atoms. The second-order valence-corrected chi connectivity index (χ2v) is 12.1. The highest BCUT2D eigenvalue weighted by molar-refractivity contribution is 6.04. The number of halogens is 2. The lowest BCUT2D eigenvalue weighted by atomic mass is 9.90. The van der Waals surface area contributed by atoms with Crippen molar-refractivity contribution < 1.29 is 23.4 Å². The molecule has 7 rings (SSSR count). The van der Waals surface area contributed by atoms with Crippen molar-refractivity contribution in [2.75, 3.05) is 50.9 Å². The molecule has 0 spiro atoms. The van der Waals surface area contributed by atoms with Crippen molar-refractivity contribution in [3.8, 4) is 29.0 Å². The van der Waals surface area contributed by atoms with E-state index in [4.69, 9.17) is 14.5 Å². The highest BCUT2D eigenvalue weighted by Crippen LogP contribution is 2.43. The summed E-state index contributed by atoms with van der Waals surface area (Å²) in [5.41, 5.74) is 1.22. The lowest BCUT2D eigenvalue weighted by molar-refractivity contribution is 0.107. The minimum Gasteiger partial charge on any atom is -0.508 e. The van der Waals surface area contributed by atoms with Crippen LogP contribution in [0.3, 0.4) is 0 Å². The zero-order valence-corrected chi connectivity index (χ0v) is 24.8. The van der Waals surface area contributed by atoms with E-state index in [1.54, 1.807) is 12.1 Å². The summed E-state index contributed by atoms with van der Waals surface area (Å²) in [5, 5.41) is 22.9. The molecule has 4 aromatic rings. The maximum absolute atomic E-state index is 17.0. The molecule has 0 amide bonds. The average molecular weight is 600 g/mol. The standard InChI is InChI=1S/C34H35F2N5O3/c1-2-21-6-3-7-22-14-25(42)16-26(28(21)22)29-23(18-37)15-27-31(30(29)36)38-33(39-32(27)40-9-5-12-43-13-11-40)44-20-34-8-4-10-41(34)19-24(35)17-34/h3,6-7,14-16,24,42H,2,4-5,8-13,17,19-20H2,1H3/t24-,34+/m1/s1. The third kappa shape index (κ3) is 4.88. The number of rotatable bonds is 6. The Hall–Kier alpha value is -4.07. The molecule has 4 heterocycles. The number of alkyl halides is 1. The van der Waals surface area contributed by atoms with Crippen LogP contribution in [0.25, 0.3) is 32.8 Å². The van der Waals surface area contributed by atoms with Crippen LogP contribution in [0.4, 0.5) is 14.6 Å². The summed E-state index contributed by atoms with van der Waals surface area (Å²) < 4.78 is 43.4. The van der Waals surface area contributed by atoms with Gasteiger partial charge < -0.3 is 19.5 Å². The first kappa shape index (κ1) is 28.7. The maximum Gasteiger partial charge on any atom is 0.319 e. The van der Waals surface area contributed by atoms with E-state index in [1.807, 2.05) is 30.0 Å². The molecule has 2 atom stereocenters. The Balaban J connectivity index is 1.42. The Kier molecular flexibility index (Phi) is 7.47. The van der Waals surface area contributed by atoms with Crippen LogP contribution in [-0.4, -0.2) is 77.7 Å². The number of nitriles is 1. The van der Waals surface area contributed by atoms with Gasteiger partial charge in [-0.15, -0.1) is 0 Å². The molecule has 0 bridgehead atoms. The number of phenolic OH excluding ortho intramolecular Hbond substituents is 1. The van der Waals surface area contributed by atoms with Crippen LogP contribution >= 0.6 is 0 Å². The fraction of sp³-hybridized carbons (Fsp3) is 0.441. The van der Waals surface area contributed by atoms with Gasteiger partial charge in [0.25, 0.3) is 0 Å². The minimum absolute atomic E-state index is 0.0192. The number of aryl methyl sites for hydroxylation is 1. The third-order valence-electron chi connectivity index (χ3n) is 9.46. The Morgan fingerprint density at radius 1 is 1.16 bits per heavy atom. The van der Waals surface area contributed by atoms with Crippen molar-refractivity contribution in [2.24, 2.45) is 0 Å². The van der Waals surface area contributed by atoms with Gasteiger partial charge in [0.2, 0.25) is 0 Å². The number of hydrogen-bond donors (Lipinski definition) is 1. The summed E-state index contributed by atoms with van der Waals surface area (Å²) in [6.45, 7) is 5.72. The molecule has 0 radical (unpaired) electrons. The van der Waals surface area contributed by atoms with Crippen LogP contribution in [0.2, 0.25) is 0 Å². The molecular formula is C34H35F2N5O3. The number of fused-ring (bicyclic) bond motifs is 3. The van der Waals surface area contributed by atoms with E-state index in [1.165, 1.54) is 6.07 Å². The van der Waals surface area contributed by atoms with Gasteiger partial charge in [-0.3, -0.25) is 4.90 Å². The van der Waals surface area contributed by atoms with E-state index in [0.717, 1.165) is 42.1 Å². The van der Waals surface area contributed by atoms with Gasteiger partial charge in [-0.1, -0.05) is 25.1 Å². The number of aromatic nitrogens is 2. The van der Waals surface area contributed by atoms with Crippen molar-refractivity contribution in [3.63, 3.8) is 0 Å². The second kappa shape index (κ2) is 11.5. The third-order valence-corrected chi connectivity index (χ3v) is 9.46. The number of phenols is 1. The average Bonchev–Trinajstić information content (AvgIpc) is 3.40. The monoisotopic (exact) mass is 599 g/mol. The number of benzene rings is 3. The molecule has 10 heteroatoms. The molecule has 3 aromatic carbocycles. The van der Waals surface area contributed by atoms with Gasteiger partial charge in [0.15, 0.2) is 5.82 Å². The molecular weight excluding hydrogens is 564 g/mol. The van der Waals surface area contributed by atoms with Crippen molar-refractivity contribution in [2.45, 2.75) is 50.7 Å². The van der Waals surface area contributed by atoms with E-state index < -0.39 is 17.5 Å². The molecule has 0 saturated carbocycles. The second-order valence-electron chi connectivity index (χ2n) is 12.1. The Morgan fingerprint density at radius 3 is 2.89 bits per heavy atom. The normalized spacial score (nSPS) is 22.3. The maximum atomic E-state index is 17.0. The number of ether oxygens (including phenoxy) is 2. The highest BCUT2D eigenvalue weighted by atomic mass is 19.1. The summed E-state index contributed by atoms with van der Waals surface area (Å²) in [6.07, 6.45) is 2.74. The van der Waals surface area contributed by atoms with Gasteiger partial charge in [0.05, 0.1) is 23.8 Å². The van der Waals surface area contributed by atoms with Crippen molar-refractivity contribution in [1.82, 2.24) is 14.9 Å². The van der Waals surface area contributed by atoms with Crippen LogP contribution in [0.5, 0.6) is 11.8 Å². The Labute approximate surface area is 254 Å². The largest absolute Gasteiger partial charge is 0.508 e. The molecule has 1 aromatic heterocycles. The molecule has 3 aliphatic heterocycles. The zero-order valence-electron chi connectivity index (χ0n) is 24.8. The SMILES string of the molecule is CCc1cccc2cc(O)cc(-c3c(C#N)cc4c(N5CCCOCC5)nc(OC[C@@]56CCCN5C[C@H](F)C6)nc4c3F)c12. The van der Waals surface area contributed by atoms with Crippen molar-refractivity contribution in [1.29, 1.82) is 5.26 Å². The zero-order chi connectivity index (χ0) is 30.4. The molecule has 0 unspecified atom stereocenters. The predicted octanol–water partition coefficient (Wildman–Crippen LogP) is 5.91.